The summed E-state index contributed by atoms with van der Waals surface area (Å²) in [6.45, 7) is 4.31. The van der Waals surface area contributed by atoms with Crippen molar-refractivity contribution >= 4 is 17.3 Å². The van der Waals surface area contributed by atoms with Gasteiger partial charge in [0, 0.05) is 11.8 Å². The number of aromatic nitrogens is 1. The summed E-state index contributed by atoms with van der Waals surface area (Å²) in [6, 6.07) is 0. The van der Waals surface area contributed by atoms with Crippen LogP contribution in [0, 0.1) is 5.92 Å². The van der Waals surface area contributed by atoms with E-state index in [2.05, 4.69) is 23.6 Å². The average molecular weight is 213 g/mol. The molecular formula is C10H15NO2S. The summed E-state index contributed by atoms with van der Waals surface area (Å²) in [4.78, 5) is 15.3. The van der Waals surface area contributed by atoms with Gasteiger partial charge in [0.15, 0.2) is 0 Å². The maximum Gasteiger partial charge on any atom is 0.311 e. The number of ether oxygens (including phenoxy) is 1. The van der Waals surface area contributed by atoms with Crippen molar-refractivity contribution in [2.45, 2.75) is 26.7 Å². The second-order valence-corrected chi connectivity index (χ2v) is 4.53. The molecule has 1 heterocycles. The first kappa shape index (κ1) is 11.2. The molecule has 14 heavy (non-hydrogen) atoms. The van der Waals surface area contributed by atoms with Crippen LogP contribution in [0.3, 0.4) is 0 Å². The highest BCUT2D eigenvalue weighted by Gasteiger charge is 2.08. The van der Waals surface area contributed by atoms with Gasteiger partial charge in [-0.1, -0.05) is 13.8 Å². The van der Waals surface area contributed by atoms with Crippen LogP contribution >= 0.6 is 11.3 Å². The Labute approximate surface area is 88.1 Å². The smallest absolute Gasteiger partial charge is 0.311 e. The fourth-order valence-electron chi connectivity index (χ4n) is 1.09. The fraction of sp³-hybridized carbons (Fsp3) is 0.600. The number of esters is 1. The summed E-state index contributed by atoms with van der Waals surface area (Å²) in [5, 5.41) is 3.02. The van der Waals surface area contributed by atoms with Gasteiger partial charge in [-0.15, -0.1) is 11.3 Å². The monoisotopic (exact) mass is 213 g/mol. The molecule has 78 valence electrons. The molecule has 0 aliphatic heterocycles. The summed E-state index contributed by atoms with van der Waals surface area (Å²) in [5.41, 5.74) is 0.817. The molecule has 0 aliphatic rings. The van der Waals surface area contributed by atoms with Crippen molar-refractivity contribution in [3.63, 3.8) is 0 Å². The van der Waals surface area contributed by atoms with E-state index in [-0.39, 0.29) is 12.4 Å². The third kappa shape index (κ3) is 3.46. The largest absolute Gasteiger partial charge is 0.469 e. The van der Waals surface area contributed by atoms with E-state index in [1.165, 1.54) is 7.11 Å². The number of methoxy groups -OCH3 is 1. The minimum Gasteiger partial charge on any atom is -0.469 e. The van der Waals surface area contributed by atoms with Crippen molar-refractivity contribution in [2.24, 2.45) is 5.92 Å². The number of hydrogen-bond donors (Lipinski definition) is 0. The van der Waals surface area contributed by atoms with E-state index in [0.717, 1.165) is 17.1 Å². The lowest BCUT2D eigenvalue weighted by atomic mass is 10.1. The van der Waals surface area contributed by atoms with E-state index >= 15 is 0 Å². The average Bonchev–Trinajstić information content (AvgIpc) is 2.51. The van der Waals surface area contributed by atoms with Gasteiger partial charge in [0.2, 0.25) is 0 Å². The normalized spacial score (nSPS) is 10.6. The molecule has 0 atom stereocenters. The summed E-state index contributed by atoms with van der Waals surface area (Å²) in [5.74, 6) is 0.374. The fourth-order valence-corrected chi connectivity index (χ4v) is 2.10. The maximum absolute atomic E-state index is 11.0. The second-order valence-electron chi connectivity index (χ2n) is 3.58. The molecule has 0 aliphatic carbocycles. The molecule has 1 rings (SSSR count). The molecule has 1 aromatic rings. The molecule has 0 saturated carbocycles. The first-order valence-corrected chi connectivity index (χ1v) is 5.50. The highest BCUT2D eigenvalue weighted by Crippen LogP contribution is 2.14. The van der Waals surface area contributed by atoms with Crippen LogP contribution in [0.2, 0.25) is 0 Å². The lowest BCUT2D eigenvalue weighted by Gasteiger charge is -1.98. The van der Waals surface area contributed by atoms with Crippen molar-refractivity contribution in [2.75, 3.05) is 7.11 Å². The Bertz CT molecular complexity index is 307. The summed E-state index contributed by atoms with van der Waals surface area (Å²) in [7, 11) is 1.39. The highest BCUT2D eigenvalue weighted by atomic mass is 32.1. The molecule has 0 aromatic carbocycles. The van der Waals surface area contributed by atoms with E-state index < -0.39 is 0 Å². The first-order valence-electron chi connectivity index (χ1n) is 4.62. The zero-order valence-corrected chi connectivity index (χ0v) is 9.56. The van der Waals surface area contributed by atoms with Crippen LogP contribution in [0.4, 0.5) is 0 Å². The molecule has 0 spiro atoms. The lowest BCUT2D eigenvalue weighted by Crippen LogP contribution is -2.05. The van der Waals surface area contributed by atoms with E-state index in [4.69, 9.17) is 0 Å². The number of hydrogen-bond acceptors (Lipinski definition) is 4. The van der Waals surface area contributed by atoms with Gasteiger partial charge in [-0.3, -0.25) is 4.79 Å². The molecule has 0 saturated heterocycles. The van der Waals surface area contributed by atoms with Crippen LogP contribution in [-0.2, 0) is 22.4 Å². The van der Waals surface area contributed by atoms with Gasteiger partial charge in [0.05, 0.1) is 24.2 Å². The first-order chi connectivity index (χ1) is 6.61. The number of nitrogens with zero attached hydrogens (tertiary/aromatic N) is 1. The van der Waals surface area contributed by atoms with Crippen LogP contribution in [-0.4, -0.2) is 18.1 Å². The standard InChI is InChI=1S/C10H15NO2S/c1-7(2)4-9-11-8(6-14-9)5-10(12)13-3/h6-7H,4-5H2,1-3H3. The van der Waals surface area contributed by atoms with Crippen molar-refractivity contribution in [1.82, 2.24) is 4.98 Å². The van der Waals surface area contributed by atoms with Gasteiger partial charge < -0.3 is 4.74 Å². The molecule has 0 amide bonds. The van der Waals surface area contributed by atoms with E-state index in [0.29, 0.717) is 5.92 Å². The van der Waals surface area contributed by atoms with Crippen LogP contribution in [0.1, 0.15) is 24.5 Å². The Hall–Kier alpha value is -0.900. The Morgan fingerprint density at radius 3 is 2.93 bits per heavy atom. The zero-order valence-electron chi connectivity index (χ0n) is 8.74. The highest BCUT2D eigenvalue weighted by molar-refractivity contribution is 7.09. The Morgan fingerprint density at radius 2 is 2.36 bits per heavy atom. The Kier molecular flexibility index (Phi) is 4.07. The molecule has 0 N–H and O–H groups in total. The quantitative estimate of drug-likeness (QED) is 0.719. The van der Waals surface area contributed by atoms with Crippen molar-refractivity contribution < 1.29 is 9.53 Å². The molecule has 0 radical (unpaired) electrons. The van der Waals surface area contributed by atoms with Gasteiger partial charge in [-0.25, -0.2) is 4.98 Å². The van der Waals surface area contributed by atoms with E-state index in [1.54, 1.807) is 11.3 Å². The van der Waals surface area contributed by atoms with Crippen LogP contribution in [0.15, 0.2) is 5.38 Å². The number of rotatable bonds is 4. The van der Waals surface area contributed by atoms with Crippen molar-refractivity contribution in [3.8, 4) is 0 Å². The number of carbonyl (C=O) groups excluding carboxylic acids is 1. The second kappa shape index (κ2) is 5.10. The van der Waals surface area contributed by atoms with Gasteiger partial charge in [0.1, 0.15) is 0 Å². The van der Waals surface area contributed by atoms with Crippen molar-refractivity contribution in [3.05, 3.63) is 16.1 Å². The zero-order chi connectivity index (χ0) is 10.6. The maximum atomic E-state index is 11.0. The predicted octanol–water partition coefficient (Wildman–Crippen LogP) is 2.06. The molecule has 3 nitrogen and oxygen atoms in total. The predicted molar refractivity (Wildman–Crippen MR) is 56.4 cm³/mol. The van der Waals surface area contributed by atoms with E-state index in [1.807, 2.05) is 5.38 Å². The van der Waals surface area contributed by atoms with Crippen LogP contribution in [0.5, 0.6) is 0 Å². The molecule has 0 unspecified atom stereocenters. The number of thiazole rings is 1. The third-order valence-electron chi connectivity index (χ3n) is 1.74. The summed E-state index contributed by atoms with van der Waals surface area (Å²) < 4.78 is 4.57. The molecule has 0 bridgehead atoms. The minimum atomic E-state index is -0.230. The van der Waals surface area contributed by atoms with Crippen LogP contribution < -0.4 is 0 Å². The Balaban J connectivity index is 2.55. The van der Waals surface area contributed by atoms with Gasteiger partial charge >= 0.3 is 5.97 Å². The van der Waals surface area contributed by atoms with Gasteiger partial charge in [-0.05, 0) is 5.92 Å². The van der Waals surface area contributed by atoms with Crippen molar-refractivity contribution in [1.29, 1.82) is 0 Å². The SMILES string of the molecule is COC(=O)Cc1csc(CC(C)C)n1. The molecule has 4 heteroatoms. The molecular weight excluding hydrogens is 198 g/mol. The topological polar surface area (TPSA) is 39.2 Å². The number of carbonyl (C=O) groups is 1. The van der Waals surface area contributed by atoms with Gasteiger partial charge in [-0.2, -0.15) is 0 Å². The molecule has 1 aromatic heterocycles. The Morgan fingerprint density at radius 1 is 1.64 bits per heavy atom. The van der Waals surface area contributed by atoms with E-state index in [9.17, 15) is 4.79 Å². The minimum absolute atomic E-state index is 0.230. The lowest BCUT2D eigenvalue weighted by molar-refractivity contribution is -0.139. The molecule has 0 fully saturated rings. The van der Waals surface area contributed by atoms with Crippen LogP contribution in [0.25, 0.3) is 0 Å². The summed E-state index contributed by atoms with van der Waals surface area (Å²) in [6.07, 6.45) is 1.26. The third-order valence-corrected chi connectivity index (χ3v) is 2.66. The summed E-state index contributed by atoms with van der Waals surface area (Å²) >= 11 is 1.61. The van der Waals surface area contributed by atoms with Gasteiger partial charge in [0.25, 0.3) is 0 Å².